The van der Waals surface area contributed by atoms with Crippen LogP contribution in [0.4, 0.5) is 11.4 Å². The summed E-state index contributed by atoms with van der Waals surface area (Å²) in [7, 11) is -5.06. The number of nitrogens with zero attached hydrogens (tertiary/aromatic N) is 3. The van der Waals surface area contributed by atoms with E-state index in [1.54, 1.807) is 30.3 Å². The molecule has 1 unspecified atom stereocenters. The number of rotatable bonds is 4. The van der Waals surface area contributed by atoms with Crippen LogP contribution < -0.4 is 29.6 Å². The third-order valence-electron chi connectivity index (χ3n) is 4.92. The van der Waals surface area contributed by atoms with Crippen molar-refractivity contribution in [3.8, 4) is 5.75 Å². The van der Waals surface area contributed by atoms with E-state index in [9.17, 15) is 33.3 Å². The summed E-state index contributed by atoms with van der Waals surface area (Å²) in [4.78, 5) is 9.52. The minimum atomic E-state index is -5.06. The molecule has 1 atom stereocenters. The number of fused-ring (bicyclic) bond motifs is 2. The number of hydrogen-bond acceptors (Lipinski definition) is 9. The smallest absolute Gasteiger partial charge is 0.744 e. The van der Waals surface area contributed by atoms with Crippen LogP contribution in [0.25, 0.3) is 16.8 Å². The topological polar surface area (TPSA) is 166 Å². The van der Waals surface area contributed by atoms with Crippen molar-refractivity contribution < 1.29 is 57.7 Å². The van der Waals surface area contributed by atoms with E-state index in [-0.39, 0.29) is 52.4 Å². The minimum Gasteiger partial charge on any atom is -0.744 e. The molecule has 2 N–H and O–H groups in total. The number of non-ortho nitro benzene ring substituents is 1. The van der Waals surface area contributed by atoms with E-state index in [0.29, 0.717) is 11.6 Å². The van der Waals surface area contributed by atoms with Crippen LogP contribution in [0.5, 0.6) is 5.75 Å². The Labute approximate surface area is 204 Å². The molecular weight excluding hydrogens is 449 g/mol. The van der Waals surface area contributed by atoms with E-state index in [1.165, 1.54) is 0 Å². The normalized spacial score (nSPS) is 17.8. The van der Waals surface area contributed by atoms with E-state index in [2.05, 4.69) is 10.2 Å². The molecule has 0 aliphatic heterocycles. The van der Waals surface area contributed by atoms with Gasteiger partial charge < -0.3 is 14.8 Å². The average Bonchev–Trinajstić information content (AvgIpc) is 2.72. The van der Waals surface area contributed by atoms with Gasteiger partial charge in [0.05, 0.1) is 9.82 Å². The van der Waals surface area contributed by atoms with Crippen LogP contribution in [-0.2, 0) is 15.8 Å². The zero-order valence-electron chi connectivity index (χ0n) is 16.7. The molecule has 158 valence electrons. The van der Waals surface area contributed by atoms with Gasteiger partial charge in [0.2, 0.25) is 5.72 Å². The predicted octanol–water partition coefficient (Wildman–Crippen LogP) is 0.708. The van der Waals surface area contributed by atoms with Crippen LogP contribution in [0.15, 0.2) is 69.7 Å². The molecule has 3 aromatic rings. The molecular formula is C20H14N3NaO7S. The first-order valence-electron chi connectivity index (χ1n) is 8.91. The second kappa shape index (κ2) is 8.70. The summed E-state index contributed by atoms with van der Waals surface area (Å²) in [6, 6.07) is 10.8. The Kier molecular flexibility index (Phi) is 6.52. The Morgan fingerprint density at radius 2 is 1.81 bits per heavy atom. The zero-order chi connectivity index (χ0) is 22.4. The van der Waals surface area contributed by atoms with E-state index in [1.807, 2.05) is 6.08 Å². The summed E-state index contributed by atoms with van der Waals surface area (Å²) in [5, 5.41) is 40.1. The Morgan fingerprint density at radius 3 is 2.50 bits per heavy atom. The van der Waals surface area contributed by atoms with Gasteiger partial charge in [0, 0.05) is 41.0 Å². The first-order valence-corrected chi connectivity index (χ1v) is 10.3. The van der Waals surface area contributed by atoms with Crippen LogP contribution in [0, 0.1) is 10.1 Å². The zero-order valence-corrected chi connectivity index (χ0v) is 19.5. The number of aromatic hydroxyl groups is 1. The molecule has 0 radical (unpaired) electrons. The number of phenolic OH excluding ortho intramolecular Hbond substituents is 1. The van der Waals surface area contributed by atoms with Gasteiger partial charge in [-0.25, -0.2) is 8.42 Å². The number of phenols is 1. The van der Waals surface area contributed by atoms with Gasteiger partial charge in [0.15, 0.2) is 0 Å². The first kappa shape index (κ1) is 24.0. The van der Waals surface area contributed by atoms with Gasteiger partial charge in [-0.1, -0.05) is 36.4 Å². The monoisotopic (exact) mass is 463 g/mol. The third kappa shape index (κ3) is 4.31. The van der Waals surface area contributed by atoms with E-state index in [0.717, 1.165) is 23.8 Å². The van der Waals surface area contributed by atoms with Crippen LogP contribution in [0.3, 0.4) is 0 Å². The molecule has 10 nitrogen and oxygen atoms in total. The third-order valence-corrected chi connectivity index (χ3v) is 5.80. The van der Waals surface area contributed by atoms with E-state index in [4.69, 9.17) is 0 Å². The van der Waals surface area contributed by atoms with Crippen LogP contribution in [0.1, 0.15) is 17.5 Å². The summed E-state index contributed by atoms with van der Waals surface area (Å²) in [5.74, 6) is -0.678. The molecule has 12 heteroatoms. The van der Waals surface area contributed by atoms with Gasteiger partial charge in [0.1, 0.15) is 21.6 Å². The van der Waals surface area contributed by atoms with Gasteiger partial charge in [-0.3, -0.25) is 10.1 Å². The van der Waals surface area contributed by atoms with Crippen molar-refractivity contribution in [1.29, 1.82) is 0 Å². The summed E-state index contributed by atoms with van der Waals surface area (Å²) in [5.41, 5.74) is -1.21. The quantitative estimate of drug-likeness (QED) is 0.189. The molecule has 0 spiro atoms. The maximum Gasteiger partial charge on any atom is 1.00 e. The summed E-state index contributed by atoms with van der Waals surface area (Å²) in [6.45, 7) is 0. The SMILES string of the molecule is O=[N+]([O-])c1ccc2c(N=NC3(O)CC=Cc4ccccc43)c(O)cc(S(=O)(=O)[O-])c2c1.[Na+]. The molecule has 0 heterocycles. The second-order valence-electron chi connectivity index (χ2n) is 6.89. The fourth-order valence-electron chi connectivity index (χ4n) is 3.47. The molecule has 0 saturated heterocycles. The average molecular weight is 463 g/mol. The number of nitro groups is 1. The first-order chi connectivity index (χ1) is 14.6. The maximum atomic E-state index is 11.6. The van der Waals surface area contributed by atoms with Crippen molar-refractivity contribution in [3.63, 3.8) is 0 Å². The fourth-order valence-corrected chi connectivity index (χ4v) is 4.17. The largest absolute Gasteiger partial charge is 1.00 e. The van der Waals surface area contributed by atoms with Crippen molar-refractivity contribution in [2.24, 2.45) is 10.2 Å². The van der Waals surface area contributed by atoms with Crippen molar-refractivity contribution in [2.45, 2.75) is 17.0 Å². The summed E-state index contributed by atoms with van der Waals surface area (Å²) in [6.07, 6.45) is 3.62. The maximum absolute atomic E-state index is 11.6. The number of benzene rings is 3. The Bertz CT molecular complexity index is 1410. The summed E-state index contributed by atoms with van der Waals surface area (Å²) >= 11 is 0. The summed E-state index contributed by atoms with van der Waals surface area (Å²) < 4.78 is 34.9. The molecule has 3 aromatic carbocycles. The van der Waals surface area contributed by atoms with Crippen molar-refractivity contribution in [2.75, 3.05) is 0 Å². The van der Waals surface area contributed by atoms with Crippen molar-refractivity contribution in [1.82, 2.24) is 0 Å². The van der Waals surface area contributed by atoms with Crippen LogP contribution in [-0.4, -0.2) is 28.1 Å². The number of hydrogen-bond donors (Lipinski definition) is 2. The van der Waals surface area contributed by atoms with Gasteiger partial charge in [-0.15, -0.1) is 10.2 Å². The Morgan fingerprint density at radius 1 is 1.09 bits per heavy atom. The molecule has 0 amide bonds. The van der Waals surface area contributed by atoms with Gasteiger partial charge in [-0.05, 0) is 11.6 Å². The Hall–Kier alpha value is -2.67. The second-order valence-corrected chi connectivity index (χ2v) is 8.24. The van der Waals surface area contributed by atoms with Gasteiger partial charge >= 0.3 is 29.6 Å². The number of aliphatic hydroxyl groups is 1. The minimum absolute atomic E-state index is 0. The molecule has 0 aromatic heterocycles. The number of nitro benzene ring substituents is 1. The molecule has 0 bridgehead atoms. The van der Waals surface area contributed by atoms with Gasteiger partial charge in [-0.2, -0.15) is 0 Å². The van der Waals surface area contributed by atoms with Crippen LogP contribution >= 0.6 is 0 Å². The standard InChI is InChI=1S/C20H15N3O7S.Na/c24-17-11-18(31(28,29)30)15-10-13(23(26)27)7-8-14(15)19(17)21-22-20(25)9-3-5-12-4-1-2-6-16(12)20;/h1-8,10-11,24-25H,9H2,(H,28,29,30);/q;+1/p-1. The van der Waals surface area contributed by atoms with E-state index >= 15 is 0 Å². The van der Waals surface area contributed by atoms with Crippen molar-refractivity contribution in [3.05, 3.63) is 75.8 Å². The molecule has 1 aliphatic rings. The Balaban J connectivity index is 0.00000289. The number of azo groups is 1. The van der Waals surface area contributed by atoms with Crippen LogP contribution in [0.2, 0.25) is 0 Å². The molecule has 0 fully saturated rings. The molecule has 32 heavy (non-hydrogen) atoms. The van der Waals surface area contributed by atoms with E-state index < -0.39 is 37.1 Å². The molecule has 4 rings (SSSR count). The fraction of sp³-hybridized carbons (Fsp3) is 0.100. The molecule has 1 aliphatic carbocycles. The molecule has 0 saturated carbocycles. The van der Waals surface area contributed by atoms with Crippen molar-refractivity contribution >= 4 is 38.3 Å². The predicted molar refractivity (Wildman–Crippen MR) is 109 cm³/mol. The van der Waals surface area contributed by atoms with Gasteiger partial charge in [0.25, 0.3) is 5.69 Å².